The summed E-state index contributed by atoms with van der Waals surface area (Å²) in [6, 6.07) is 27.4. The van der Waals surface area contributed by atoms with Crippen molar-refractivity contribution in [3.8, 4) is 22.6 Å². The van der Waals surface area contributed by atoms with E-state index in [1.54, 1.807) is 0 Å². The maximum atomic E-state index is 5.16. The van der Waals surface area contributed by atoms with Gasteiger partial charge in [-0.15, -0.1) is 0 Å². The van der Waals surface area contributed by atoms with Gasteiger partial charge in [0.1, 0.15) is 0 Å². The van der Waals surface area contributed by atoms with Crippen molar-refractivity contribution in [2.24, 2.45) is 0 Å². The molecule has 2 nitrogen and oxygen atoms in total. The monoisotopic (exact) mass is 462 g/mol. The zero-order valence-corrected chi connectivity index (χ0v) is 18.4. The van der Waals surface area contributed by atoms with E-state index >= 15 is 0 Å². The fraction of sp³-hybridized carbons (Fsp3) is 0.0714. The van der Waals surface area contributed by atoms with Crippen LogP contribution in [0.5, 0.6) is 0 Å². The molecule has 0 saturated heterocycles. The van der Waals surface area contributed by atoms with Gasteiger partial charge < -0.3 is 0 Å². The zero-order chi connectivity index (χ0) is 20.8. The molecule has 1 aliphatic rings. The molecule has 0 spiro atoms. The van der Waals surface area contributed by atoms with Crippen molar-refractivity contribution in [1.29, 1.82) is 0 Å². The summed E-state index contributed by atoms with van der Waals surface area (Å²) in [5, 5.41) is 3.64. The van der Waals surface area contributed by atoms with Gasteiger partial charge in [0, 0.05) is 21.0 Å². The molecule has 0 bridgehead atoms. The van der Waals surface area contributed by atoms with Crippen LogP contribution >= 0.6 is 15.9 Å². The van der Waals surface area contributed by atoms with Gasteiger partial charge in [-0.05, 0) is 46.9 Å². The Labute approximate surface area is 189 Å². The first-order valence-electron chi connectivity index (χ1n) is 10.5. The summed E-state index contributed by atoms with van der Waals surface area (Å²) in [4.78, 5) is 10.3. The summed E-state index contributed by atoms with van der Waals surface area (Å²) in [5.41, 5.74) is 6.84. The number of allylic oxidation sites excluding steroid dienone is 1. The number of hydrogen-bond donors (Lipinski definition) is 0. The van der Waals surface area contributed by atoms with Gasteiger partial charge in [0.15, 0.2) is 5.82 Å². The molecule has 31 heavy (non-hydrogen) atoms. The van der Waals surface area contributed by atoms with E-state index in [-0.39, 0.29) is 0 Å². The summed E-state index contributed by atoms with van der Waals surface area (Å²) >= 11 is 3.54. The lowest BCUT2D eigenvalue weighted by molar-refractivity contribution is 0.993. The van der Waals surface area contributed by atoms with Crippen molar-refractivity contribution in [1.82, 2.24) is 9.97 Å². The van der Waals surface area contributed by atoms with Crippen molar-refractivity contribution in [3.63, 3.8) is 0 Å². The summed E-state index contributed by atoms with van der Waals surface area (Å²) in [5.74, 6) is 0.769. The Morgan fingerprint density at radius 1 is 0.710 bits per heavy atom. The van der Waals surface area contributed by atoms with E-state index in [9.17, 15) is 0 Å². The van der Waals surface area contributed by atoms with Crippen LogP contribution in [0.4, 0.5) is 0 Å². The molecule has 0 N–H and O–H groups in total. The molecule has 3 heteroatoms. The quantitative estimate of drug-likeness (QED) is 0.249. The van der Waals surface area contributed by atoms with Crippen molar-refractivity contribution >= 4 is 43.7 Å². The summed E-state index contributed by atoms with van der Waals surface area (Å²) in [6.45, 7) is 0. The second kappa shape index (κ2) is 7.44. The molecule has 0 aliphatic heterocycles. The van der Waals surface area contributed by atoms with Crippen LogP contribution in [0.3, 0.4) is 0 Å². The van der Waals surface area contributed by atoms with Crippen LogP contribution in [0.25, 0.3) is 50.4 Å². The van der Waals surface area contributed by atoms with Gasteiger partial charge in [-0.3, -0.25) is 0 Å². The highest BCUT2D eigenvalue weighted by molar-refractivity contribution is 9.10. The van der Waals surface area contributed by atoms with E-state index < -0.39 is 0 Å². The van der Waals surface area contributed by atoms with Crippen molar-refractivity contribution in [2.75, 3.05) is 0 Å². The first kappa shape index (κ1) is 18.5. The molecule has 0 saturated carbocycles. The average Bonchev–Trinajstić information content (AvgIpc) is 2.84. The van der Waals surface area contributed by atoms with E-state index in [1.165, 1.54) is 21.9 Å². The molecule has 5 aromatic rings. The van der Waals surface area contributed by atoms with Crippen LogP contribution in [0.15, 0.2) is 89.4 Å². The molecule has 0 atom stereocenters. The molecule has 0 radical (unpaired) electrons. The first-order valence-corrected chi connectivity index (χ1v) is 11.3. The van der Waals surface area contributed by atoms with Crippen LogP contribution < -0.4 is 0 Å². The number of fused-ring (bicyclic) bond motifs is 6. The lowest BCUT2D eigenvalue weighted by Gasteiger charge is -2.19. The molecule has 148 valence electrons. The molecule has 6 rings (SSSR count). The smallest absolute Gasteiger partial charge is 0.160 e. The van der Waals surface area contributed by atoms with Crippen LogP contribution in [-0.4, -0.2) is 9.97 Å². The fourth-order valence-electron chi connectivity index (χ4n) is 4.57. The van der Waals surface area contributed by atoms with Gasteiger partial charge >= 0.3 is 0 Å². The maximum Gasteiger partial charge on any atom is 0.160 e. The van der Waals surface area contributed by atoms with Gasteiger partial charge in [-0.2, -0.15) is 0 Å². The Hall–Kier alpha value is -3.30. The second-order valence-electron chi connectivity index (χ2n) is 7.87. The minimum atomic E-state index is 0.769. The van der Waals surface area contributed by atoms with Crippen LogP contribution in [0.1, 0.15) is 17.5 Å². The Morgan fingerprint density at radius 3 is 2.26 bits per heavy atom. The number of aryl methyl sites for hydroxylation is 1. The number of halogens is 1. The predicted molar refractivity (Wildman–Crippen MR) is 133 cm³/mol. The molecule has 0 amide bonds. The summed E-state index contributed by atoms with van der Waals surface area (Å²) in [6.07, 6.45) is 6.58. The summed E-state index contributed by atoms with van der Waals surface area (Å²) < 4.78 is 1.05. The number of hydrogen-bond acceptors (Lipinski definition) is 2. The molecule has 0 fully saturated rings. The van der Waals surface area contributed by atoms with Gasteiger partial charge in [0.25, 0.3) is 0 Å². The summed E-state index contributed by atoms with van der Waals surface area (Å²) in [7, 11) is 0. The predicted octanol–water partition coefficient (Wildman–Crippen LogP) is 7.84. The number of aromatic nitrogens is 2. The highest BCUT2D eigenvalue weighted by Gasteiger charge is 2.21. The Morgan fingerprint density at radius 2 is 1.45 bits per heavy atom. The van der Waals surface area contributed by atoms with E-state index in [4.69, 9.17) is 9.97 Å². The van der Waals surface area contributed by atoms with Gasteiger partial charge in [-0.1, -0.05) is 94.8 Å². The average molecular weight is 463 g/mol. The third-order valence-corrected chi connectivity index (χ3v) is 6.53. The van der Waals surface area contributed by atoms with Crippen molar-refractivity contribution in [2.45, 2.75) is 12.8 Å². The van der Waals surface area contributed by atoms with Crippen LogP contribution in [0, 0.1) is 0 Å². The van der Waals surface area contributed by atoms with E-state index in [2.05, 4.69) is 88.7 Å². The normalized spacial score (nSPS) is 12.9. The lowest BCUT2D eigenvalue weighted by atomic mass is 9.87. The number of benzene rings is 4. The highest BCUT2D eigenvalue weighted by Crippen LogP contribution is 2.40. The van der Waals surface area contributed by atoms with E-state index in [0.29, 0.717) is 0 Å². The number of nitrogens with zero attached hydrogens (tertiary/aromatic N) is 2. The molecule has 1 heterocycles. The fourth-order valence-corrected chi connectivity index (χ4v) is 4.83. The SMILES string of the molecule is Brc1ccc(-c2nc(-c3ccccc3)c3c(n2)c2c(c4ccccc43)C=CCC2)cc1. The molecule has 1 aliphatic carbocycles. The molecular formula is C28H19BrN2. The first-order chi connectivity index (χ1) is 15.3. The van der Waals surface area contributed by atoms with Crippen molar-refractivity contribution < 1.29 is 0 Å². The lowest BCUT2D eigenvalue weighted by Crippen LogP contribution is -2.03. The maximum absolute atomic E-state index is 5.16. The van der Waals surface area contributed by atoms with Gasteiger partial charge in [0.2, 0.25) is 0 Å². The van der Waals surface area contributed by atoms with E-state index in [0.717, 1.165) is 50.9 Å². The molecular weight excluding hydrogens is 444 g/mol. The standard InChI is InChI=1S/C28H19BrN2/c29-20-16-14-19(15-17-20)28-30-26(18-8-2-1-3-9-18)25-23-12-6-4-10-21(23)22-11-5-7-13-24(22)27(25)31-28/h1-6,8-12,14-17H,7,13H2. The van der Waals surface area contributed by atoms with Gasteiger partial charge in [0.05, 0.1) is 11.2 Å². The minimum absolute atomic E-state index is 0.769. The molecule has 4 aromatic carbocycles. The minimum Gasteiger partial charge on any atom is -0.228 e. The highest BCUT2D eigenvalue weighted by atomic mass is 79.9. The van der Waals surface area contributed by atoms with Crippen LogP contribution in [0.2, 0.25) is 0 Å². The third-order valence-electron chi connectivity index (χ3n) is 6.00. The van der Waals surface area contributed by atoms with Crippen molar-refractivity contribution in [3.05, 3.63) is 101 Å². The Kier molecular flexibility index (Phi) is 4.43. The van der Waals surface area contributed by atoms with E-state index in [1.807, 2.05) is 18.2 Å². The Bertz CT molecular complexity index is 1470. The topological polar surface area (TPSA) is 25.8 Å². The largest absolute Gasteiger partial charge is 0.228 e. The third kappa shape index (κ3) is 3.08. The van der Waals surface area contributed by atoms with Crippen LogP contribution in [-0.2, 0) is 6.42 Å². The molecule has 0 unspecified atom stereocenters. The Balaban J connectivity index is 1.80. The molecule has 1 aromatic heterocycles. The zero-order valence-electron chi connectivity index (χ0n) is 16.8. The number of rotatable bonds is 2. The van der Waals surface area contributed by atoms with Gasteiger partial charge in [-0.25, -0.2) is 9.97 Å². The second-order valence-corrected chi connectivity index (χ2v) is 8.79.